The predicted molar refractivity (Wildman–Crippen MR) is 74.2 cm³/mol. The normalized spacial score (nSPS) is 15.4. The van der Waals surface area contributed by atoms with Crippen molar-refractivity contribution in [3.05, 3.63) is 18.1 Å². The zero-order chi connectivity index (χ0) is 13.5. The van der Waals surface area contributed by atoms with E-state index >= 15 is 0 Å². The van der Waals surface area contributed by atoms with Gasteiger partial charge in [-0.1, -0.05) is 0 Å². The van der Waals surface area contributed by atoms with E-state index in [2.05, 4.69) is 25.5 Å². The third kappa shape index (κ3) is 4.17. The highest BCUT2D eigenvalue weighted by Crippen LogP contribution is 2.07. The Balaban J connectivity index is 1.71. The molecule has 0 spiro atoms. The van der Waals surface area contributed by atoms with Gasteiger partial charge in [0.25, 0.3) is 5.91 Å². The van der Waals surface area contributed by atoms with Crippen LogP contribution >= 0.6 is 0 Å². The minimum Gasteiger partial charge on any atom is -0.372 e. The molecule has 1 saturated heterocycles. The Morgan fingerprint density at radius 1 is 1.37 bits per heavy atom. The number of anilines is 1. The van der Waals surface area contributed by atoms with Crippen LogP contribution in [0.1, 0.15) is 29.8 Å². The Labute approximate surface area is 113 Å². The Morgan fingerprint density at radius 2 is 2.16 bits per heavy atom. The van der Waals surface area contributed by atoms with Crippen molar-refractivity contribution in [2.24, 2.45) is 0 Å². The van der Waals surface area contributed by atoms with E-state index in [0.29, 0.717) is 18.1 Å². The number of nitrogens with one attached hydrogen (secondary N) is 2. The number of hydrogen-bond acceptors (Lipinski definition) is 5. The number of likely N-dealkylation sites (tertiary alicyclic amines) is 1. The van der Waals surface area contributed by atoms with Crippen molar-refractivity contribution in [1.29, 1.82) is 0 Å². The highest BCUT2D eigenvalue weighted by Gasteiger charge is 2.11. The molecule has 0 radical (unpaired) electrons. The quantitative estimate of drug-likeness (QED) is 0.741. The lowest BCUT2D eigenvalue weighted by molar-refractivity contribution is 0.0947. The maximum atomic E-state index is 11.9. The molecule has 0 aromatic carbocycles. The number of amides is 1. The largest absolute Gasteiger partial charge is 0.372 e. The van der Waals surface area contributed by atoms with Crippen LogP contribution in [0.15, 0.2) is 12.4 Å². The predicted octanol–water partition coefficient (Wildman–Crippen LogP) is 0.734. The minimum atomic E-state index is -0.161. The molecule has 104 valence electrons. The van der Waals surface area contributed by atoms with Gasteiger partial charge < -0.3 is 15.5 Å². The van der Waals surface area contributed by atoms with E-state index in [1.807, 2.05) is 0 Å². The first-order valence-electron chi connectivity index (χ1n) is 6.80. The summed E-state index contributed by atoms with van der Waals surface area (Å²) in [6.07, 6.45) is 6.66. The van der Waals surface area contributed by atoms with Crippen molar-refractivity contribution in [2.75, 3.05) is 38.5 Å². The molecule has 1 fully saturated rings. The van der Waals surface area contributed by atoms with Gasteiger partial charge in [0, 0.05) is 13.6 Å². The van der Waals surface area contributed by atoms with E-state index in [0.717, 1.165) is 13.0 Å². The molecular formula is C13H21N5O. The molecule has 6 nitrogen and oxygen atoms in total. The summed E-state index contributed by atoms with van der Waals surface area (Å²) in [6, 6.07) is 0. The molecule has 0 unspecified atom stereocenters. The van der Waals surface area contributed by atoms with Crippen molar-refractivity contribution in [1.82, 2.24) is 20.2 Å². The van der Waals surface area contributed by atoms with Crippen LogP contribution in [0.5, 0.6) is 0 Å². The van der Waals surface area contributed by atoms with Gasteiger partial charge >= 0.3 is 0 Å². The van der Waals surface area contributed by atoms with E-state index in [-0.39, 0.29) is 5.91 Å². The van der Waals surface area contributed by atoms with Crippen LogP contribution in [-0.4, -0.2) is 54.0 Å². The van der Waals surface area contributed by atoms with Crippen LogP contribution in [0.2, 0.25) is 0 Å². The second-order valence-electron chi connectivity index (χ2n) is 4.70. The first kappa shape index (κ1) is 13.7. The molecule has 2 rings (SSSR count). The van der Waals surface area contributed by atoms with E-state index < -0.39 is 0 Å². The summed E-state index contributed by atoms with van der Waals surface area (Å²) in [4.78, 5) is 22.4. The van der Waals surface area contributed by atoms with Gasteiger partial charge in [0.05, 0.1) is 12.4 Å². The van der Waals surface area contributed by atoms with Crippen molar-refractivity contribution in [3.8, 4) is 0 Å². The molecule has 0 saturated carbocycles. The summed E-state index contributed by atoms with van der Waals surface area (Å²) in [5.74, 6) is 0.440. The lowest BCUT2D eigenvalue weighted by atomic mass is 10.3. The lowest BCUT2D eigenvalue weighted by Gasteiger charge is -2.14. The van der Waals surface area contributed by atoms with Gasteiger partial charge in [-0.05, 0) is 38.9 Å². The van der Waals surface area contributed by atoms with E-state index in [4.69, 9.17) is 0 Å². The van der Waals surface area contributed by atoms with Crippen LogP contribution in [0.4, 0.5) is 5.82 Å². The molecule has 2 N–H and O–H groups in total. The Hall–Kier alpha value is -1.69. The summed E-state index contributed by atoms with van der Waals surface area (Å²) >= 11 is 0. The van der Waals surface area contributed by atoms with Crippen LogP contribution in [0.25, 0.3) is 0 Å². The van der Waals surface area contributed by atoms with Gasteiger partial charge in [0.2, 0.25) is 0 Å². The fraction of sp³-hybridized carbons (Fsp3) is 0.615. The average molecular weight is 263 g/mol. The summed E-state index contributed by atoms with van der Waals surface area (Å²) < 4.78 is 0. The summed E-state index contributed by atoms with van der Waals surface area (Å²) in [7, 11) is 1.75. The second-order valence-corrected chi connectivity index (χ2v) is 4.70. The van der Waals surface area contributed by atoms with Gasteiger partial charge in [-0.2, -0.15) is 0 Å². The van der Waals surface area contributed by atoms with Gasteiger partial charge in [0.15, 0.2) is 0 Å². The Kier molecular flexibility index (Phi) is 5.09. The molecule has 2 heterocycles. The van der Waals surface area contributed by atoms with E-state index in [1.54, 1.807) is 13.2 Å². The maximum Gasteiger partial charge on any atom is 0.271 e. The molecule has 0 aliphatic carbocycles. The topological polar surface area (TPSA) is 70.2 Å². The second kappa shape index (κ2) is 7.04. The lowest BCUT2D eigenvalue weighted by Crippen LogP contribution is -2.29. The molecule has 6 heteroatoms. The zero-order valence-electron chi connectivity index (χ0n) is 11.4. The van der Waals surface area contributed by atoms with Gasteiger partial charge in [0.1, 0.15) is 11.5 Å². The molecule has 1 aliphatic rings. The smallest absolute Gasteiger partial charge is 0.271 e. The van der Waals surface area contributed by atoms with Crippen LogP contribution in [0, 0.1) is 0 Å². The maximum absolute atomic E-state index is 11.9. The average Bonchev–Trinajstić information content (AvgIpc) is 2.96. The molecular weight excluding hydrogens is 242 g/mol. The monoisotopic (exact) mass is 263 g/mol. The molecule has 0 atom stereocenters. The third-order valence-electron chi connectivity index (χ3n) is 3.26. The van der Waals surface area contributed by atoms with Crippen molar-refractivity contribution >= 4 is 11.7 Å². The van der Waals surface area contributed by atoms with Crippen LogP contribution in [-0.2, 0) is 0 Å². The van der Waals surface area contributed by atoms with Crippen molar-refractivity contribution in [2.45, 2.75) is 19.3 Å². The molecule has 1 aromatic heterocycles. The van der Waals surface area contributed by atoms with E-state index in [9.17, 15) is 4.79 Å². The van der Waals surface area contributed by atoms with Crippen LogP contribution in [0.3, 0.4) is 0 Å². The first-order chi connectivity index (χ1) is 9.29. The number of hydrogen-bond donors (Lipinski definition) is 2. The van der Waals surface area contributed by atoms with Gasteiger partial charge in [-0.3, -0.25) is 9.78 Å². The first-order valence-corrected chi connectivity index (χ1v) is 6.80. The number of rotatable bonds is 6. The van der Waals surface area contributed by atoms with Gasteiger partial charge in [-0.15, -0.1) is 0 Å². The number of carbonyl (C=O) groups is 1. The summed E-state index contributed by atoms with van der Waals surface area (Å²) in [5, 5.41) is 5.74. The summed E-state index contributed by atoms with van der Waals surface area (Å²) in [5.41, 5.74) is 0.355. The fourth-order valence-corrected chi connectivity index (χ4v) is 2.20. The van der Waals surface area contributed by atoms with Crippen LogP contribution < -0.4 is 10.6 Å². The number of aromatic nitrogens is 2. The Bertz CT molecular complexity index is 417. The van der Waals surface area contributed by atoms with Crippen molar-refractivity contribution in [3.63, 3.8) is 0 Å². The highest BCUT2D eigenvalue weighted by atomic mass is 16.1. The molecule has 1 aromatic rings. The molecule has 19 heavy (non-hydrogen) atoms. The van der Waals surface area contributed by atoms with Gasteiger partial charge in [-0.25, -0.2) is 4.98 Å². The molecule has 0 bridgehead atoms. The zero-order valence-corrected chi connectivity index (χ0v) is 11.4. The number of nitrogens with zero attached hydrogens (tertiary/aromatic N) is 3. The fourth-order valence-electron chi connectivity index (χ4n) is 2.20. The summed E-state index contributed by atoms with van der Waals surface area (Å²) in [6.45, 7) is 4.14. The molecule has 1 amide bonds. The number of carbonyl (C=O) groups excluding carboxylic acids is 1. The highest BCUT2D eigenvalue weighted by molar-refractivity contribution is 5.92. The standard InChI is InChI=1S/C13H21N5O/c1-14-12-10-15-9-11(17-12)13(19)16-5-4-8-18-6-2-3-7-18/h9-10H,2-8H2,1H3,(H,14,17)(H,16,19). The Morgan fingerprint density at radius 3 is 2.89 bits per heavy atom. The minimum absolute atomic E-state index is 0.161. The van der Waals surface area contributed by atoms with Crippen molar-refractivity contribution < 1.29 is 4.79 Å². The van der Waals surface area contributed by atoms with E-state index in [1.165, 1.54) is 32.1 Å². The molecule has 1 aliphatic heterocycles. The SMILES string of the molecule is CNc1cncc(C(=O)NCCCN2CCCC2)n1. The third-order valence-corrected chi connectivity index (χ3v) is 3.26.